The fourth-order valence-corrected chi connectivity index (χ4v) is 1.68. The molecule has 0 fully saturated rings. The van der Waals surface area contributed by atoms with Crippen molar-refractivity contribution < 1.29 is 9.21 Å². The van der Waals surface area contributed by atoms with Crippen LogP contribution < -0.4 is 5.32 Å². The number of rotatable bonds is 2. The Morgan fingerprint density at radius 2 is 2.39 bits per heavy atom. The highest BCUT2D eigenvalue weighted by Gasteiger charge is 2.09. The first-order chi connectivity index (χ1) is 8.74. The Hall–Kier alpha value is -2.63. The molecule has 0 aromatic carbocycles. The Morgan fingerprint density at radius 1 is 1.50 bits per heavy atom. The second-order valence-electron chi connectivity index (χ2n) is 3.91. The van der Waals surface area contributed by atoms with Gasteiger partial charge in [-0.15, -0.1) is 0 Å². The van der Waals surface area contributed by atoms with Crippen LogP contribution in [0.2, 0.25) is 0 Å². The average Bonchev–Trinajstić information content (AvgIpc) is 3.00. The summed E-state index contributed by atoms with van der Waals surface area (Å²) in [5.41, 5.74) is 2.64. The molecule has 0 radical (unpaired) electrons. The lowest BCUT2D eigenvalue weighted by atomic mass is 10.2. The maximum atomic E-state index is 11.8. The minimum Gasteiger partial charge on any atom is -0.472 e. The van der Waals surface area contributed by atoms with Gasteiger partial charge in [-0.3, -0.25) is 9.89 Å². The van der Waals surface area contributed by atoms with Crippen molar-refractivity contribution >= 4 is 22.6 Å². The van der Waals surface area contributed by atoms with E-state index in [1.165, 1.54) is 12.5 Å². The van der Waals surface area contributed by atoms with Crippen LogP contribution in [0.25, 0.3) is 11.0 Å². The van der Waals surface area contributed by atoms with Crippen molar-refractivity contribution in [3.05, 3.63) is 42.1 Å². The number of furan rings is 1. The quantitative estimate of drug-likeness (QED) is 0.720. The summed E-state index contributed by atoms with van der Waals surface area (Å²) < 4.78 is 4.86. The van der Waals surface area contributed by atoms with Gasteiger partial charge in [-0.1, -0.05) is 0 Å². The molecule has 0 saturated carbocycles. The van der Waals surface area contributed by atoms with Crippen molar-refractivity contribution in [2.75, 3.05) is 5.32 Å². The smallest absolute Gasteiger partial charge is 0.258 e. The van der Waals surface area contributed by atoms with Crippen molar-refractivity contribution in [2.45, 2.75) is 6.92 Å². The highest BCUT2D eigenvalue weighted by molar-refractivity contribution is 6.04. The molecule has 18 heavy (non-hydrogen) atoms. The first-order valence-electron chi connectivity index (χ1n) is 5.38. The summed E-state index contributed by atoms with van der Waals surface area (Å²) in [6, 6.07) is 3.43. The van der Waals surface area contributed by atoms with E-state index in [4.69, 9.17) is 4.42 Å². The number of hydrogen-bond donors (Lipinski definition) is 2. The molecule has 0 atom stereocenters. The zero-order chi connectivity index (χ0) is 12.5. The van der Waals surface area contributed by atoms with Gasteiger partial charge in [0.2, 0.25) is 0 Å². The van der Waals surface area contributed by atoms with Gasteiger partial charge in [0.15, 0.2) is 5.65 Å². The lowest BCUT2D eigenvalue weighted by Gasteiger charge is -2.02. The Bertz CT molecular complexity index is 700. The zero-order valence-corrected chi connectivity index (χ0v) is 9.60. The number of carbonyl (C=O) groups is 1. The number of aromatic nitrogens is 3. The average molecular weight is 242 g/mol. The van der Waals surface area contributed by atoms with Crippen LogP contribution in [0.1, 0.15) is 16.1 Å². The van der Waals surface area contributed by atoms with E-state index >= 15 is 0 Å². The fraction of sp³-hybridized carbons (Fsp3) is 0.0833. The monoisotopic (exact) mass is 242 g/mol. The fourth-order valence-electron chi connectivity index (χ4n) is 1.68. The van der Waals surface area contributed by atoms with Gasteiger partial charge in [-0.05, 0) is 19.1 Å². The van der Waals surface area contributed by atoms with Crippen molar-refractivity contribution in [3.8, 4) is 0 Å². The number of carbonyl (C=O) groups excluding carboxylic acids is 1. The van der Waals surface area contributed by atoms with Gasteiger partial charge in [0.1, 0.15) is 6.26 Å². The number of anilines is 1. The van der Waals surface area contributed by atoms with E-state index in [0.29, 0.717) is 16.9 Å². The lowest BCUT2D eigenvalue weighted by Crippen LogP contribution is -2.10. The Morgan fingerprint density at radius 3 is 3.17 bits per heavy atom. The van der Waals surface area contributed by atoms with Crippen LogP contribution in [0.3, 0.4) is 0 Å². The second-order valence-corrected chi connectivity index (χ2v) is 3.91. The number of aryl methyl sites for hydroxylation is 1. The molecule has 6 nitrogen and oxygen atoms in total. The number of H-pyrrole nitrogens is 1. The van der Waals surface area contributed by atoms with Crippen LogP contribution in [0.15, 0.2) is 35.3 Å². The van der Waals surface area contributed by atoms with Crippen molar-refractivity contribution in [1.82, 2.24) is 15.2 Å². The molecule has 1 amide bonds. The molecule has 3 aromatic heterocycles. The number of amides is 1. The molecule has 0 aliphatic carbocycles. The molecule has 90 valence electrons. The number of nitrogens with zero attached hydrogens (tertiary/aromatic N) is 2. The van der Waals surface area contributed by atoms with E-state index in [2.05, 4.69) is 20.5 Å². The van der Waals surface area contributed by atoms with Gasteiger partial charge >= 0.3 is 0 Å². The lowest BCUT2D eigenvalue weighted by molar-refractivity contribution is 0.102. The summed E-state index contributed by atoms with van der Waals surface area (Å²) in [6.07, 6.45) is 4.42. The number of hydrogen-bond acceptors (Lipinski definition) is 4. The summed E-state index contributed by atoms with van der Waals surface area (Å²) in [4.78, 5) is 16.0. The largest absolute Gasteiger partial charge is 0.472 e. The standard InChI is InChI=1S/C12H10N4O2/c1-7-10-4-9(5-13-11(10)16-15-7)14-12(17)8-2-3-18-6-8/h2-6H,1H3,(H,14,17)(H,13,15,16). The van der Waals surface area contributed by atoms with E-state index in [1.807, 2.05) is 13.0 Å². The molecule has 2 N–H and O–H groups in total. The van der Waals surface area contributed by atoms with E-state index in [-0.39, 0.29) is 5.91 Å². The molecule has 0 bridgehead atoms. The highest BCUT2D eigenvalue weighted by Crippen LogP contribution is 2.18. The number of aromatic amines is 1. The molecular formula is C12H10N4O2. The SMILES string of the molecule is Cc1[nH]nc2ncc(NC(=O)c3ccoc3)cc12. The van der Waals surface area contributed by atoms with E-state index in [0.717, 1.165) is 11.1 Å². The van der Waals surface area contributed by atoms with E-state index in [9.17, 15) is 4.79 Å². The third kappa shape index (κ3) is 1.73. The van der Waals surface area contributed by atoms with E-state index in [1.54, 1.807) is 12.3 Å². The predicted octanol–water partition coefficient (Wildman–Crippen LogP) is 2.11. The summed E-state index contributed by atoms with van der Waals surface area (Å²) in [6.45, 7) is 1.90. The Kier molecular flexibility index (Phi) is 2.33. The molecule has 6 heteroatoms. The molecule has 0 aliphatic rings. The number of nitrogens with one attached hydrogen (secondary N) is 2. The first kappa shape index (κ1) is 10.5. The van der Waals surface area contributed by atoms with E-state index < -0.39 is 0 Å². The van der Waals surface area contributed by atoms with Crippen LogP contribution in [0.4, 0.5) is 5.69 Å². The highest BCUT2D eigenvalue weighted by atomic mass is 16.3. The molecule has 0 saturated heterocycles. The van der Waals surface area contributed by atoms with Crippen LogP contribution >= 0.6 is 0 Å². The topological polar surface area (TPSA) is 83.8 Å². The van der Waals surface area contributed by atoms with Crippen molar-refractivity contribution in [2.24, 2.45) is 0 Å². The molecule has 0 spiro atoms. The molecular weight excluding hydrogens is 232 g/mol. The maximum Gasteiger partial charge on any atom is 0.258 e. The molecule has 3 aromatic rings. The third-order valence-electron chi connectivity index (χ3n) is 2.64. The third-order valence-corrected chi connectivity index (χ3v) is 2.64. The molecule has 0 aliphatic heterocycles. The van der Waals surface area contributed by atoms with Crippen LogP contribution in [0, 0.1) is 6.92 Å². The number of pyridine rings is 1. The zero-order valence-electron chi connectivity index (χ0n) is 9.60. The summed E-state index contributed by atoms with van der Waals surface area (Å²) in [5.74, 6) is -0.231. The van der Waals surface area contributed by atoms with Crippen molar-refractivity contribution in [1.29, 1.82) is 0 Å². The minimum absolute atomic E-state index is 0.231. The van der Waals surface area contributed by atoms with Crippen LogP contribution in [0.5, 0.6) is 0 Å². The van der Waals surface area contributed by atoms with Crippen LogP contribution in [-0.4, -0.2) is 21.1 Å². The van der Waals surface area contributed by atoms with Gasteiger partial charge in [0.25, 0.3) is 5.91 Å². The van der Waals surface area contributed by atoms with Gasteiger partial charge < -0.3 is 9.73 Å². The first-order valence-corrected chi connectivity index (χ1v) is 5.38. The normalized spacial score (nSPS) is 10.7. The predicted molar refractivity (Wildman–Crippen MR) is 65.3 cm³/mol. The Labute approximate surface area is 102 Å². The minimum atomic E-state index is -0.231. The number of fused-ring (bicyclic) bond motifs is 1. The van der Waals surface area contributed by atoms with Gasteiger partial charge in [-0.25, -0.2) is 4.98 Å². The summed E-state index contributed by atoms with van der Waals surface area (Å²) in [7, 11) is 0. The van der Waals surface area contributed by atoms with Gasteiger partial charge in [0.05, 0.1) is 23.7 Å². The summed E-state index contributed by atoms with van der Waals surface area (Å²) in [5, 5.41) is 10.5. The molecule has 0 unspecified atom stereocenters. The summed E-state index contributed by atoms with van der Waals surface area (Å²) >= 11 is 0. The second kappa shape index (κ2) is 3.99. The Balaban J connectivity index is 1.91. The van der Waals surface area contributed by atoms with Gasteiger partial charge in [-0.2, -0.15) is 5.10 Å². The molecule has 3 heterocycles. The maximum absolute atomic E-state index is 11.8. The molecule has 3 rings (SSSR count). The van der Waals surface area contributed by atoms with Gasteiger partial charge in [0, 0.05) is 11.1 Å². The van der Waals surface area contributed by atoms with Crippen molar-refractivity contribution in [3.63, 3.8) is 0 Å². The van der Waals surface area contributed by atoms with Crippen LogP contribution in [-0.2, 0) is 0 Å².